The van der Waals surface area contributed by atoms with Crippen LogP contribution >= 0.6 is 0 Å². The molecule has 0 aromatic heterocycles. The summed E-state index contributed by atoms with van der Waals surface area (Å²) in [6.07, 6.45) is 43.0. The molecule has 8 N–H and O–H groups in total. The van der Waals surface area contributed by atoms with Gasteiger partial charge in [-0.2, -0.15) is 0 Å². The van der Waals surface area contributed by atoms with Crippen molar-refractivity contribution >= 4 is 0 Å². The molecule has 3 heterocycles. The zero-order valence-electron chi connectivity index (χ0n) is 76.3. The fourth-order valence-corrected chi connectivity index (χ4v) is 20.1. The van der Waals surface area contributed by atoms with Crippen LogP contribution in [0.25, 0.3) is 0 Å². The Labute approximate surface area is 700 Å². The van der Waals surface area contributed by atoms with Crippen molar-refractivity contribution in [2.24, 2.45) is 107 Å². The summed E-state index contributed by atoms with van der Waals surface area (Å²) in [7, 11) is 0. The standard InChI is InChI=1S/C98H188O16/c1-69-25-15-27-71(3)31-19-35-79(11)55-59-109-87(67-111-97-95(105)93(103)91(101)89(63-99)113-97)65-107-57-53-77(9)40-24-44-84-50-52-86(62-84)82(14)42-22-38-76(8)48-46-74(6)34-18-30-70(2)26-16-28-72(4)32-20-36-80(12)56-60-110-88(68-112-98-96(106)94(104)92(102)90(64-100)114-98)66-108-58-54-78(10)39-23-43-83-49-51-85(61-83)81(13)41-21-37-75(7)47-45-73(5)33-17-29-69/h69-106H,15-68H2,1-14H3/t69?,70?,71?,72?,73?,74?,75?,76?,77?,78?,79?,80?,81?,82?,83?,84?,85?,86?,87?,88?,89-,90+,91-,92-,93+,94+,95-,96+,97+,98+/m0/s1. The molecule has 16 nitrogen and oxygen atoms in total. The van der Waals surface area contributed by atoms with Crippen LogP contribution in [0, 0.1) is 107 Å². The van der Waals surface area contributed by atoms with Gasteiger partial charge in [0.2, 0.25) is 0 Å². The summed E-state index contributed by atoms with van der Waals surface area (Å²) in [5, 5.41) is 82.7. The predicted molar refractivity (Wildman–Crippen MR) is 466 cm³/mol. The van der Waals surface area contributed by atoms with E-state index in [0.29, 0.717) is 63.3 Å². The summed E-state index contributed by atoms with van der Waals surface area (Å²) in [6.45, 7) is 36.7. The van der Waals surface area contributed by atoms with E-state index in [0.717, 1.165) is 109 Å². The van der Waals surface area contributed by atoms with Gasteiger partial charge in [0.25, 0.3) is 0 Å². The third-order valence-electron chi connectivity index (χ3n) is 29.4. The summed E-state index contributed by atoms with van der Waals surface area (Å²) in [5.41, 5.74) is 0. The summed E-state index contributed by atoms with van der Waals surface area (Å²) < 4.78 is 48.9. The van der Waals surface area contributed by atoms with Crippen LogP contribution < -0.4 is 0 Å². The summed E-state index contributed by atoms with van der Waals surface area (Å²) in [5.74, 6) is 13.6. The molecule has 30 atom stereocenters. The van der Waals surface area contributed by atoms with Gasteiger partial charge in [-0.15, -0.1) is 0 Å². The van der Waals surface area contributed by atoms with E-state index in [1.807, 2.05) is 0 Å². The van der Waals surface area contributed by atoms with E-state index in [1.54, 1.807) is 0 Å². The molecule has 676 valence electrons. The maximum absolute atomic E-state index is 10.7. The normalized spacial score (nSPS) is 41.4. The summed E-state index contributed by atoms with van der Waals surface area (Å²) in [6, 6.07) is 0. The average molecular weight is 1620 g/mol. The number of hydrogen-bond donors (Lipinski definition) is 8. The van der Waals surface area contributed by atoms with Gasteiger partial charge in [-0.25, -0.2) is 0 Å². The van der Waals surface area contributed by atoms with Gasteiger partial charge in [0.1, 0.15) is 61.0 Å². The van der Waals surface area contributed by atoms with Crippen LogP contribution in [0.15, 0.2) is 0 Å². The number of aliphatic hydroxyl groups excluding tert-OH is 8. The molecule has 5 fully saturated rings. The van der Waals surface area contributed by atoms with E-state index in [4.69, 9.17) is 37.9 Å². The minimum Gasteiger partial charge on any atom is -0.394 e. The molecular weight excluding hydrogens is 1430 g/mol. The lowest BCUT2D eigenvalue weighted by atomic mass is 9.85. The minimum atomic E-state index is -1.49. The third kappa shape index (κ3) is 44.1. The highest BCUT2D eigenvalue weighted by Gasteiger charge is 2.46. The maximum Gasteiger partial charge on any atom is 0.186 e. The minimum absolute atomic E-state index is 0.0957. The fraction of sp³-hybridized carbons (Fsp3) is 1.00. The predicted octanol–water partition coefficient (Wildman–Crippen LogP) is 21.0. The Kier molecular flexibility index (Phi) is 55.4. The SMILES string of the molecule is CC1CCCC(C)CCCC(C)CCC(C)CCCC(C)C2CCC(CCCC(C)CCOCC(CO[C@@H]3O[C@H](CO)[C@H](O)[C@@H](O)[C@H]3O)OCCC(C)CCCC(C)CCCC(C)CCCC(C)CCC(C)CCCC(C)C3CCC(CCCC(C)CCOCC(CO[C@@H]4O[C@@H](CO)[C@H](O)[C@@H](O)[C@@H]4O)OCCC(C)CCC1)C3)C2. The van der Waals surface area contributed by atoms with Crippen molar-refractivity contribution in [2.75, 3.05) is 66.1 Å². The van der Waals surface area contributed by atoms with E-state index in [9.17, 15) is 40.9 Å². The number of aliphatic hydroxyl groups is 8. The molecule has 0 aromatic carbocycles. The van der Waals surface area contributed by atoms with Crippen molar-refractivity contribution in [1.29, 1.82) is 0 Å². The second-order valence-corrected chi connectivity index (χ2v) is 40.9. The number of hydrogen-bond acceptors (Lipinski definition) is 16. The van der Waals surface area contributed by atoms with Crippen LogP contribution in [0.2, 0.25) is 0 Å². The Morgan fingerprint density at radius 1 is 0.254 bits per heavy atom. The number of rotatable bonds is 8. The zero-order valence-corrected chi connectivity index (χ0v) is 76.3. The third-order valence-corrected chi connectivity index (χ3v) is 29.4. The molecule has 5 rings (SSSR count). The summed E-state index contributed by atoms with van der Waals surface area (Å²) >= 11 is 0. The Bertz CT molecular complexity index is 2110. The number of ether oxygens (including phenoxy) is 8. The molecule has 2 aliphatic carbocycles. The zero-order chi connectivity index (χ0) is 83.2. The Morgan fingerprint density at radius 2 is 0.500 bits per heavy atom. The van der Waals surface area contributed by atoms with Crippen LogP contribution in [0.3, 0.4) is 0 Å². The van der Waals surface area contributed by atoms with Gasteiger partial charge < -0.3 is 78.7 Å². The number of fused-ring (bicyclic) bond motifs is 4. The van der Waals surface area contributed by atoms with Gasteiger partial charge in [0, 0.05) is 26.4 Å². The molecule has 0 aromatic rings. The largest absolute Gasteiger partial charge is 0.394 e. The molecule has 114 heavy (non-hydrogen) atoms. The molecule has 16 heteroatoms. The maximum atomic E-state index is 10.7. The quantitative estimate of drug-likeness (QED) is 0.113. The molecular formula is C98H188O16. The first-order valence-electron chi connectivity index (χ1n) is 48.9. The molecule has 5 aliphatic rings. The summed E-state index contributed by atoms with van der Waals surface area (Å²) in [4.78, 5) is 0. The van der Waals surface area contributed by atoms with Crippen LogP contribution in [0.1, 0.15) is 379 Å². The van der Waals surface area contributed by atoms with Gasteiger partial charge in [0.15, 0.2) is 12.6 Å². The molecule has 2 saturated carbocycles. The fourth-order valence-electron chi connectivity index (χ4n) is 20.1. The molecule has 0 amide bonds. The van der Waals surface area contributed by atoms with Gasteiger partial charge >= 0.3 is 0 Å². The molecule has 3 aliphatic heterocycles. The van der Waals surface area contributed by atoms with Gasteiger partial charge in [-0.05, 0) is 158 Å². The highest BCUT2D eigenvalue weighted by atomic mass is 16.7. The monoisotopic (exact) mass is 1620 g/mol. The van der Waals surface area contributed by atoms with Crippen molar-refractivity contribution in [2.45, 2.75) is 453 Å². The Morgan fingerprint density at radius 3 is 0.781 bits per heavy atom. The molecule has 20 unspecified atom stereocenters. The van der Waals surface area contributed by atoms with Crippen molar-refractivity contribution < 1.29 is 78.7 Å². The average Bonchev–Trinajstić information content (AvgIpc) is 1.16. The topological polar surface area (TPSA) is 236 Å². The second kappa shape index (κ2) is 60.8. The van der Waals surface area contributed by atoms with E-state index < -0.39 is 86.8 Å². The first-order valence-corrected chi connectivity index (χ1v) is 48.9. The Balaban J connectivity index is 1.04. The lowest BCUT2D eigenvalue weighted by molar-refractivity contribution is -0.306. The van der Waals surface area contributed by atoms with Crippen molar-refractivity contribution in [1.82, 2.24) is 0 Å². The molecule has 0 radical (unpaired) electrons. The molecule has 0 spiro atoms. The molecule has 3 saturated heterocycles. The van der Waals surface area contributed by atoms with Gasteiger partial charge in [-0.1, -0.05) is 328 Å². The first kappa shape index (κ1) is 104. The highest BCUT2D eigenvalue weighted by Crippen LogP contribution is 2.43. The van der Waals surface area contributed by atoms with Crippen LogP contribution in [-0.4, -0.2) is 181 Å². The van der Waals surface area contributed by atoms with Crippen molar-refractivity contribution in [3.05, 3.63) is 0 Å². The Hall–Kier alpha value is -0.640. The van der Waals surface area contributed by atoms with Crippen molar-refractivity contribution in [3.63, 3.8) is 0 Å². The van der Waals surface area contributed by atoms with Crippen LogP contribution in [-0.2, 0) is 37.9 Å². The first-order chi connectivity index (χ1) is 54.7. The van der Waals surface area contributed by atoms with Crippen LogP contribution in [0.4, 0.5) is 0 Å². The van der Waals surface area contributed by atoms with Gasteiger partial charge in [0.05, 0.1) is 39.6 Å². The van der Waals surface area contributed by atoms with E-state index >= 15 is 0 Å². The highest BCUT2D eigenvalue weighted by molar-refractivity contribution is 4.91. The van der Waals surface area contributed by atoms with Crippen LogP contribution in [0.5, 0.6) is 0 Å². The van der Waals surface area contributed by atoms with E-state index in [-0.39, 0.29) is 13.2 Å². The van der Waals surface area contributed by atoms with Crippen molar-refractivity contribution in [3.8, 4) is 0 Å². The smallest absolute Gasteiger partial charge is 0.186 e. The second-order valence-electron chi connectivity index (χ2n) is 40.9. The van der Waals surface area contributed by atoms with Gasteiger partial charge in [-0.3, -0.25) is 0 Å². The lowest BCUT2D eigenvalue weighted by Gasteiger charge is -2.40. The lowest BCUT2D eigenvalue weighted by Crippen LogP contribution is -2.59. The molecule has 4 bridgehead atoms. The van der Waals surface area contributed by atoms with E-state index in [2.05, 4.69) is 96.9 Å². The van der Waals surface area contributed by atoms with E-state index in [1.165, 1.54) is 257 Å².